The minimum Gasteiger partial charge on any atom is -0.379 e. The topological polar surface area (TPSA) is 9.23 Å². The molecule has 140 valence electrons. The van der Waals surface area contributed by atoms with Crippen molar-refractivity contribution in [2.45, 2.75) is 22.0 Å². The molecule has 1 saturated heterocycles. The highest BCUT2D eigenvalue weighted by Gasteiger charge is 2.79. The van der Waals surface area contributed by atoms with E-state index in [4.69, 9.17) is 4.74 Å². The maximum atomic E-state index is 6.22. The molecule has 0 unspecified atom stereocenters. The maximum absolute atomic E-state index is 6.22. The normalized spacial score (nSPS) is 24.7. The fourth-order valence-electron chi connectivity index (χ4n) is 6.12. The van der Waals surface area contributed by atoms with E-state index in [0.717, 1.165) is 6.42 Å². The Balaban J connectivity index is 1.60. The number of hydrogen-bond donors (Lipinski definition) is 0. The van der Waals surface area contributed by atoms with Crippen molar-refractivity contribution in [3.05, 3.63) is 107 Å². The van der Waals surface area contributed by atoms with Gasteiger partial charge in [0.25, 0.3) is 0 Å². The summed E-state index contributed by atoms with van der Waals surface area (Å²) in [6, 6.07) is 31.4. The number of rotatable bonds is 1. The summed E-state index contributed by atoms with van der Waals surface area (Å²) in [7, 11) is 1.89. The summed E-state index contributed by atoms with van der Waals surface area (Å²) in [4.78, 5) is 0. The van der Waals surface area contributed by atoms with Crippen LogP contribution in [0.3, 0.4) is 0 Å². The zero-order valence-corrected chi connectivity index (χ0v) is 17.0. The fourth-order valence-corrected chi connectivity index (χ4v) is 8.24. The lowest BCUT2D eigenvalue weighted by molar-refractivity contribution is 0.0820. The molecule has 0 saturated carbocycles. The Hall–Kier alpha value is -2.55. The first-order chi connectivity index (χ1) is 14.3. The number of fused-ring (bicyclic) bond motifs is 10. The van der Waals surface area contributed by atoms with Crippen molar-refractivity contribution in [3.8, 4) is 11.1 Å². The molecule has 4 aromatic carbocycles. The van der Waals surface area contributed by atoms with Gasteiger partial charge >= 0.3 is 0 Å². The van der Waals surface area contributed by atoms with E-state index in [1.807, 2.05) is 7.11 Å². The monoisotopic (exact) mass is 392 g/mol. The summed E-state index contributed by atoms with van der Waals surface area (Å²) in [5.41, 5.74) is 8.62. The SMILES string of the molecule is CO[C@H]1Cc2ccc3ccccc3c2[C@@]12SC21c2ccccc2-c2ccccc21. The molecule has 4 aromatic rings. The van der Waals surface area contributed by atoms with Crippen molar-refractivity contribution in [2.75, 3.05) is 7.11 Å². The Bertz CT molecular complexity index is 1280. The third-order valence-corrected chi connectivity index (χ3v) is 9.19. The molecule has 29 heavy (non-hydrogen) atoms. The highest BCUT2D eigenvalue weighted by atomic mass is 32.2. The van der Waals surface area contributed by atoms with E-state index < -0.39 is 0 Å². The molecule has 1 fully saturated rings. The largest absolute Gasteiger partial charge is 0.379 e. The zero-order valence-electron chi connectivity index (χ0n) is 16.2. The van der Waals surface area contributed by atoms with Gasteiger partial charge in [0.1, 0.15) is 0 Å². The average Bonchev–Trinajstić information content (AvgIpc) is 3.24. The van der Waals surface area contributed by atoms with Crippen LogP contribution in [0.2, 0.25) is 0 Å². The third-order valence-electron chi connectivity index (χ3n) is 7.23. The molecule has 2 atom stereocenters. The Morgan fingerprint density at radius 2 is 1.45 bits per heavy atom. The molecule has 0 radical (unpaired) electrons. The second-order valence-corrected chi connectivity index (χ2v) is 9.82. The first kappa shape index (κ1) is 16.3. The van der Waals surface area contributed by atoms with E-state index in [1.54, 1.807) is 0 Å². The van der Waals surface area contributed by atoms with Gasteiger partial charge in [-0.1, -0.05) is 84.9 Å². The predicted octanol–water partition coefficient (Wildman–Crippen LogP) is 6.28. The van der Waals surface area contributed by atoms with Crippen LogP contribution in [0.5, 0.6) is 0 Å². The van der Waals surface area contributed by atoms with Crippen molar-refractivity contribution in [1.82, 2.24) is 0 Å². The summed E-state index contributed by atoms with van der Waals surface area (Å²) < 4.78 is 6.09. The van der Waals surface area contributed by atoms with Crippen molar-refractivity contribution < 1.29 is 4.74 Å². The van der Waals surface area contributed by atoms with E-state index in [9.17, 15) is 0 Å². The molecular weight excluding hydrogens is 372 g/mol. The molecule has 1 nitrogen and oxygen atoms in total. The molecular formula is C27H20OS. The number of methoxy groups -OCH3 is 1. The number of hydrogen-bond acceptors (Lipinski definition) is 2. The molecule has 2 aliphatic carbocycles. The van der Waals surface area contributed by atoms with Crippen LogP contribution in [0.25, 0.3) is 21.9 Å². The van der Waals surface area contributed by atoms with Crippen LogP contribution in [0.15, 0.2) is 84.9 Å². The molecule has 0 N–H and O–H groups in total. The van der Waals surface area contributed by atoms with Crippen LogP contribution in [-0.4, -0.2) is 13.2 Å². The van der Waals surface area contributed by atoms with Crippen molar-refractivity contribution in [3.63, 3.8) is 0 Å². The Morgan fingerprint density at radius 3 is 2.17 bits per heavy atom. The van der Waals surface area contributed by atoms with E-state index in [2.05, 4.69) is 96.7 Å². The summed E-state index contributed by atoms with van der Waals surface area (Å²) in [6.45, 7) is 0. The van der Waals surface area contributed by atoms with Crippen LogP contribution in [0.1, 0.15) is 22.3 Å². The lowest BCUT2D eigenvalue weighted by atomic mass is 9.78. The third kappa shape index (κ3) is 1.71. The summed E-state index contributed by atoms with van der Waals surface area (Å²) in [5.74, 6) is 0. The molecule has 0 amide bonds. The highest BCUT2D eigenvalue weighted by molar-refractivity contribution is 8.09. The van der Waals surface area contributed by atoms with Gasteiger partial charge < -0.3 is 4.74 Å². The molecule has 2 spiro atoms. The quantitative estimate of drug-likeness (QED) is 0.353. The highest BCUT2D eigenvalue weighted by Crippen LogP contribution is 2.85. The van der Waals surface area contributed by atoms with Crippen molar-refractivity contribution in [2.24, 2.45) is 0 Å². The zero-order chi connectivity index (χ0) is 19.2. The smallest absolute Gasteiger partial charge is 0.0923 e. The minimum atomic E-state index is -0.0688. The van der Waals surface area contributed by atoms with Gasteiger partial charge in [0.2, 0.25) is 0 Å². The molecule has 0 aromatic heterocycles. The maximum Gasteiger partial charge on any atom is 0.0923 e. The van der Waals surface area contributed by atoms with E-state index in [1.165, 1.54) is 44.2 Å². The second kappa shape index (κ2) is 5.33. The average molecular weight is 393 g/mol. The summed E-state index contributed by atoms with van der Waals surface area (Å²) in [6.07, 6.45) is 1.16. The number of thioether (sulfide) groups is 1. The molecule has 1 aliphatic heterocycles. The molecule has 1 heterocycles. The lowest BCUT2D eigenvalue weighted by Crippen LogP contribution is -2.32. The Morgan fingerprint density at radius 1 is 0.793 bits per heavy atom. The van der Waals surface area contributed by atoms with Gasteiger partial charge in [-0.2, -0.15) is 0 Å². The molecule has 3 aliphatic rings. The fraction of sp³-hybridized carbons (Fsp3) is 0.185. The molecule has 2 heteroatoms. The second-order valence-electron chi connectivity index (χ2n) is 8.36. The van der Waals surface area contributed by atoms with Gasteiger partial charge in [-0.15, -0.1) is 11.8 Å². The number of ether oxygens (including phenoxy) is 1. The molecule has 7 rings (SSSR count). The van der Waals surface area contributed by atoms with Crippen molar-refractivity contribution >= 4 is 22.5 Å². The van der Waals surface area contributed by atoms with Crippen LogP contribution in [0.4, 0.5) is 0 Å². The Labute approximate surface area is 174 Å². The van der Waals surface area contributed by atoms with Gasteiger partial charge in [-0.05, 0) is 44.2 Å². The van der Waals surface area contributed by atoms with E-state index in [-0.39, 0.29) is 15.6 Å². The van der Waals surface area contributed by atoms with Crippen LogP contribution in [-0.2, 0) is 20.7 Å². The predicted molar refractivity (Wildman–Crippen MR) is 120 cm³/mol. The number of benzene rings is 4. The lowest BCUT2D eigenvalue weighted by Gasteiger charge is -2.25. The van der Waals surface area contributed by atoms with Gasteiger partial charge in [0, 0.05) is 13.5 Å². The van der Waals surface area contributed by atoms with Gasteiger partial charge in [0.05, 0.1) is 15.6 Å². The first-order valence-corrected chi connectivity index (χ1v) is 11.1. The Kier molecular flexibility index (Phi) is 2.99. The van der Waals surface area contributed by atoms with E-state index in [0.29, 0.717) is 0 Å². The van der Waals surface area contributed by atoms with Crippen LogP contribution >= 0.6 is 11.8 Å². The standard InChI is InChI=1S/C27H20OS/c1-28-24-16-18-15-14-17-8-2-3-9-19(17)25(18)27(24)26(29-27)22-12-6-4-10-20(22)21-11-5-7-13-23(21)26/h2-15,24H,16H2,1H3/t24-,27-/m0/s1. The van der Waals surface area contributed by atoms with Gasteiger partial charge in [-0.3, -0.25) is 0 Å². The summed E-state index contributed by atoms with van der Waals surface area (Å²) in [5, 5.41) is 2.71. The van der Waals surface area contributed by atoms with Gasteiger partial charge in [-0.25, -0.2) is 0 Å². The molecule has 0 bridgehead atoms. The van der Waals surface area contributed by atoms with E-state index >= 15 is 0 Å². The minimum absolute atomic E-state index is 0.0593. The first-order valence-electron chi connectivity index (χ1n) is 10.2. The van der Waals surface area contributed by atoms with Gasteiger partial charge in [0.15, 0.2) is 0 Å². The van der Waals surface area contributed by atoms with Crippen molar-refractivity contribution in [1.29, 1.82) is 0 Å². The van der Waals surface area contributed by atoms with Crippen LogP contribution in [0, 0.1) is 0 Å². The summed E-state index contributed by atoms with van der Waals surface area (Å²) >= 11 is 2.11. The van der Waals surface area contributed by atoms with Crippen LogP contribution < -0.4 is 0 Å².